The Labute approximate surface area is 125 Å². The number of hydrogen-bond acceptors (Lipinski definition) is 1. The third-order valence-electron chi connectivity index (χ3n) is 4.04. The molecule has 0 aromatic heterocycles. The van der Waals surface area contributed by atoms with Crippen LogP contribution in [0.4, 0.5) is 0 Å². The van der Waals surface area contributed by atoms with Gasteiger partial charge in [-0.15, -0.1) is 0 Å². The third kappa shape index (κ3) is 3.12. The zero-order valence-corrected chi connectivity index (χ0v) is 13.9. The summed E-state index contributed by atoms with van der Waals surface area (Å²) in [6, 6.07) is 0.311. The lowest BCUT2D eigenvalue weighted by Crippen LogP contribution is -2.32. The highest BCUT2D eigenvalue weighted by Crippen LogP contribution is 2.39. The van der Waals surface area contributed by atoms with Crippen LogP contribution in [0.1, 0.15) is 58.8 Å². The number of hydrogen-bond donors (Lipinski definition) is 0. The first-order valence-electron chi connectivity index (χ1n) is 7.12. The number of carbonyl (C=O) groups is 1. The van der Waals surface area contributed by atoms with E-state index < -0.39 is 0 Å². The third-order valence-corrected chi connectivity index (χ3v) is 4.96. The molecule has 1 unspecified atom stereocenters. The number of nitrogens with zero attached hydrogens (tertiary/aromatic N) is 1. The van der Waals surface area contributed by atoms with Gasteiger partial charge in [-0.25, -0.2) is 0 Å². The molecule has 0 radical (unpaired) electrons. The van der Waals surface area contributed by atoms with E-state index in [1.165, 1.54) is 37.0 Å². The maximum absolute atomic E-state index is 12.2. The molecule has 0 bridgehead atoms. The van der Waals surface area contributed by atoms with Crippen LogP contribution in [0.25, 0.3) is 0 Å². The van der Waals surface area contributed by atoms with Crippen LogP contribution in [0.3, 0.4) is 0 Å². The minimum Gasteiger partial charge on any atom is -0.313 e. The predicted octanol–water partition coefficient (Wildman–Crippen LogP) is 3.00. The molecule has 0 spiro atoms. The van der Waals surface area contributed by atoms with Crippen molar-refractivity contribution in [1.29, 1.82) is 0 Å². The number of rotatable bonds is 1. The molecular weight excluding hydrogens is 336 g/mol. The van der Waals surface area contributed by atoms with Crippen molar-refractivity contribution in [3.05, 3.63) is 11.3 Å². The van der Waals surface area contributed by atoms with Crippen molar-refractivity contribution < 1.29 is 4.79 Å². The first kappa shape index (κ1) is 14.4. The van der Waals surface area contributed by atoms with Crippen molar-refractivity contribution in [2.75, 3.05) is 0 Å². The summed E-state index contributed by atoms with van der Waals surface area (Å²) in [5, 5.41) is 0. The topological polar surface area (TPSA) is 20.3 Å². The predicted molar refractivity (Wildman–Crippen MR) is 86.6 cm³/mol. The molecule has 18 heavy (non-hydrogen) atoms. The van der Waals surface area contributed by atoms with E-state index in [0.29, 0.717) is 21.7 Å². The second-order valence-corrected chi connectivity index (χ2v) is 8.84. The molecule has 0 aromatic rings. The molecule has 2 nitrogen and oxygen atoms in total. The maximum Gasteiger partial charge on any atom is 0.231 e. The molecule has 1 amide bonds. The van der Waals surface area contributed by atoms with Gasteiger partial charge in [0.1, 0.15) is 7.85 Å². The normalized spacial score (nSPS) is 30.2. The highest BCUT2D eigenvalue weighted by atomic mass is 127. The van der Waals surface area contributed by atoms with E-state index in [9.17, 15) is 4.79 Å². The molecule has 0 saturated heterocycles. The highest BCUT2D eigenvalue weighted by molar-refractivity contribution is 14.1. The van der Waals surface area contributed by atoms with E-state index in [1.54, 1.807) is 0 Å². The van der Waals surface area contributed by atoms with Crippen molar-refractivity contribution in [3.63, 3.8) is 0 Å². The largest absolute Gasteiger partial charge is 0.313 e. The fourth-order valence-corrected chi connectivity index (χ4v) is 4.09. The monoisotopic (exact) mass is 359 g/mol. The Morgan fingerprint density at radius 1 is 1.33 bits per heavy atom. The van der Waals surface area contributed by atoms with Gasteiger partial charge in [0.2, 0.25) is 5.91 Å². The van der Waals surface area contributed by atoms with Crippen LogP contribution in [0.2, 0.25) is 0 Å². The number of alkyl halides is 1. The maximum atomic E-state index is 12.2. The second-order valence-electron chi connectivity index (χ2n) is 6.24. The first-order chi connectivity index (χ1) is 8.41. The summed E-state index contributed by atoms with van der Waals surface area (Å²) in [6.07, 6.45) is 8.02. The van der Waals surface area contributed by atoms with E-state index in [4.69, 9.17) is 0 Å². The van der Waals surface area contributed by atoms with Crippen molar-refractivity contribution in [1.82, 2.24) is 4.90 Å². The molecule has 2 aliphatic rings. The number of amides is 1. The Morgan fingerprint density at radius 3 is 2.72 bits per heavy atom. The zero-order chi connectivity index (χ0) is 13.3. The van der Waals surface area contributed by atoms with Crippen molar-refractivity contribution in [3.8, 4) is 0 Å². The van der Waals surface area contributed by atoms with Gasteiger partial charge >= 0.3 is 0 Å². The molecular formula is C14H23BINO. The smallest absolute Gasteiger partial charge is 0.231 e. The Hall–Kier alpha value is 0.00494. The molecule has 2 rings (SSSR count). The van der Waals surface area contributed by atoms with Crippen molar-refractivity contribution >= 4 is 36.3 Å². The standard InChI is InChI=1S/C14H23BINO/c1-10(2)17-12-6-4-3-5-7-14(15,16)9-11(12)8-13(17)18/h10H,3-9,15H2,1-2H3. The van der Waals surface area contributed by atoms with Gasteiger partial charge in [-0.05, 0) is 48.4 Å². The Balaban J connectivity index is 2.28. The van der Waals surface area contributed by atoms with Crippen LogP contribution in [0, 0.1) is 0 Å². The van der Waals surface area contributed by atoms with Crippen LogP contribution in [-0.4, -0.2) is 28.0 Å². The molecule has 0 saturated carbocycles. The van der Waals surface area contributed by atoms with E-state index in [1.807, 2.05) is 0 Å². The van der Waals surface area contributed by atoms with E-state index >= 15 is 0 Å². The lowest BCUT2D eigenvalue weighted by molar-refractivity contribution is -0.128. The number of halogens is 1. The second kappa shape index (κ2) is 5.55. The van der Waals surface area contributed by atoms with Crippen molar-refractivity contribution in [2.45, 2.75) is 68.2 Å². The number of allylic oxidation sites excluding steroid dienone is 1. The van der Waals surface area contributed by atoms with Gasteiger partial charge in [0.05, 0.1) is 6.42 Å². The summed E-state index contributed by atoms with van der Waals surface area (Å²) in [7, 11) is 2.34. The van der Waals surface area contributed by atoms with Gasteiger partial charge in [-0.2, -0.15) is 0 Å². The summed E-state index contributed by atoms with van der Waals surface area (Å²) in [5.41, 5.74) is 2.78. The molecule has 1 atom stereocenters. The van der Waals surface area contributed by atoms with Crippen LogP contribution in [-0.2, 0) is 4.79 Å². The average molecular weight is 359 g/mol. The molecule has 1 heterocycles. The fourth-order valence-electron chi connectivity index (χ4n) is 3.25. The van der Waals surface area contributed by atoms with Gasteiger partial charge in [-0.1, -0.05) is 35.4 Å². The highest BCUT2D eigenvalue weighted by Gasteiger charge is 2.35. The summed E-state index contributed by atoms with van der Waals surface area (Å²) < 4.78 is 0.329. The quantitative estimate of drug-likeness (QED) is 0.401. The SMILES string of the molecule is BC1(I)CCCCCC2=C(CC(=O)N2C(C)C)C1. The average Bonchev–Trinajstić information content (AvgIpc) is 2.54. The van der Waals surface area contributed by atoms with Crippen LogP contribution < -0.4 is 0 Å². The Morgan fingerprint density at radius 2 is 2.06 bits per heavy atom. The summed E-state index contributed by atoms with van der Waals surface area (Å²) >= 11 is 2.59. The Kier molecular flexibility index (Phi) is 4.45. The van der Waals surface area contributed by atoms with Gasteiger partial charge in [0, 0.05) is 11.7 Å². The zero-order valence-electron chi connectivity index (χ0n) is 11.8. The van der Waals surface area contributed by atoms with Gasteiger partial charge < -0.3 is 4.90 Å². The lowest BCUT2D eigenvalue weighted by Gasteiger charge is -2.25. The van der Waals surface area contributed by atoms with Gasteiger partial charge in [0.15, 0.2) is 0 Å². The Bertz CT molecular complexity index is 376. The number of carbonyl (C=O) groups excluding carboxylic acids is 1. The summed E-state index contributed by atoms with van der Waals surface area (Å²) in [4.78, 5) is 14.2. The molecule has 100 valence electrons. The molecule has 1 aliphatic heterocycles. The molecule has 0 aromatic carbocycles. The fraction of sp³-hybridized carbons (Fsp3) is 0.786. The summed E-state index contributed by atoms with van der Waals surface area (Å²) in [6.45, 7) is 4.26. The van der Waals surface area contributed by atoms with Gasteiger partial charge in [-0.3, -0.25) is 4.79 Å². The minimum atomic E-state index is 0.311. The van der Waals surface area contributed by atoms with Crippen molar-refractivity contribution in [2.24, 2.45) is 0 Å². The van der Waals surface area contributed by atoms with E-state index in [2.05, 4.69) is 49.2 Å². The molecule has 0 fully saturated rings. The summed E-state index contributed by atoms with van der Waals surface area (Å²) in [5.74, 6) is 0.322. The van der Waals surface area contributed by atoms with Gasteiger partial charge in [0.25, 0.3) is 0 Å². The van der Waals surface area contributed by atoms with E-state index in [-0.39, 0.29) is 0 Å². The minimum absolute atomic E-state index is 0.311. The first-order valence-corrected chi connectivity index (χ1v) is 8.20. The van der Waals surface area contributed by atoms with Crippen LogP contribution >= 0.6 is 22.6 Å². The van der Waals surface area contributed by atoms with E-state index in [0.717, 1.165) is 12.8 Å². The lowest BCUT2D eigenvalue weighted by atomic mass is 9.78. The van der Waals surface area contributed by atoms with Crippen LogP contribution in [0.5, 0.6) is 0 Å². The molecule has 1 aliphatic carbocycles. The van der Waals surface area contributed by atoms with Crippen LogP contribution in [0.15, 0.2) is 11.3 Å². The molecule has 4 heteroatoms. The molecule has 0 N–H and O–H groups in total.